The van der Waals surface area contributed by atoms with E-state index in [1.165, 1.54) is 6.20 Å². The zero-order valence-electron chi connectivity index (χ0n) is 9.90. The number of hydrogen-bond donors (Lipinski definition) is 2. The molecular formula is C11H11F3N4S. The van der Waals surface area contributed by atoms with Gasteiger partial charge in [0, 0.05) is 23.5 Å². The highest BCUT2D eigenvalue weighted by Crippen LogP contribution is 2.35. The number of hydrogen-bond acceptors (Lipinski definition) is 5. The summed E-state index contributed by atoms with van der Waals surface area (Å²) in [5, 5.41) is -0.886. The van der Waals surface area contributed by atoms with Gasteiger partial charge in [-0.1, -0.05) is 6.07 Å². The first-order chi connectivity index (χ1) is 8.91. The number of hydrazine groups is 1. The van der Waals surface area contributed by atoms with Gasteiger partial charge >= 0.3 is 6.18 Å². The number of nitrogens with two attached hydrogens (primary N) is 1. The Kier molecular flexibility index (Phi) is 3.83. The van der Waals surface area contributed by atoms with E-state index in [1.54, 1.807) is 12.4 Å². The van der Waals surface area contributed by atoms with Crippen LogP contribution < -0.4 is 11.3 Å². The van der Waals surface area contributed by atoms with Crippen LogP contribution in [-0.2, 0) is 6.18 Å². The van der Waals surface area contributed by atoms with Gasteiger partial charge in [0.1, 0.15) is 0 Å². The molecule has 0 amide bonds. The standard InChI is InChI=1S/C11H11F3N4S/c1-6-2-7(4-16-3-6)9(18-15)8-5-17-10(19-8)11(12,13)14/h2-5,9,18H,15H2,1H3. The monoisotopic (exact) mass is 288 g/mol. The fourth-order valence-electron chi connectivity index (χ4n) is 1.63. The highest BCUT2D eigenvalue weighted by atomic mass is 32.1. The molecule has 2 heterocycles. The number of thiazole rings is 1. The van der Waals surface area contributed by atoms with Gasteiger partial charge in [-0.2, -0.15) is 13.2 Å². The molecule has 8 heteroatoms. The Hall–Kier alpha value is -1.51. The van der Waals surface area contributed by atoms with Crippen molar-refractivity contribution >= 4 is 11.3 Å². The molecule has 0 radical (unpaired) electrons. The maximum Gasteiger partial charge on any atom is 0.443 e. The number of nitrogens with zero attached hydrogens (tertiary/aromatic N) is 2. The number of rotatable bonds is 3. The minimum absolute atomic E-state index is 0.391. The molecule has 0 saturated heterocycles. The van der Waals surface area contributed by atoms with Crippen LogP contribution in [0, 0.1) is 6.92 Å². The van der Waals surface area contributed by atoms with Gasteiger partial charge in [-0.3, -0.25) is 10.8 Å². The van der Waals surface area contributed by atoms with Gasteiger partial charge in [-0.25, -0.2) is 10.4 Å². The Morgan fingerprint density at radius 3 is 2.58 bits per heavy atom. The highest BCUT2D eigenvalue weighted by molar-refractivity contribution is 7.11. The summed E-state index contributed by atoms with van der Waals surface area (Å²) < 4.78 is 37.6. The zero-order valence-corrected chi connectivity index (χ0v) is 10.7. The highest BCUT2D eigenvalue weighted by Gasteiger charge is 2.35. The van der Waals surface area contributed by atoms with E-state index < -0.39 is 17.2 Å². The lowest BCUT2D eigenvalue weighted by Gasteiger charge is -2.14. The lowest BCUT2D eigenvalue weighted by atomic mass is 10.1. The maximum atomic E-state index is 12.5. The van der Waals surface area contributed by atoms with E-state index in [4.69, 9.17) is 5.84 Å². The number of nitrogens with one attached hydrogen (secondary N) is 1. The van der Waals surface area contributed by atoms with E-state index in [2.05, 4.69) is 15.4 Å². The van der Waals surface area contributed by atoms with Crippen LogP contribution >= 0.6 is 11.3 Å². The van der Waals surface area contributed by atoms with E-state index in [9.17, 15) is 13.2 Å². The fourth-order valence-corrected chi connectivity index (χ4v) is 2.50. The number of pyridine rings is 1. The first kappa shape index (κ1) is 13.9. The molecule has 0 aliphatic heterocycles. The van der Waals surface area contributed by atoms with Crippen molar-refractivity contribution < 1.29 is 13.2 Å². The number of aryl methyl sites for hydroxylation is 1. The predicted octanol–water partition coefficient (Wildman–Crippen LogP) is 2.42. The molecule has 0 fully saturated rings. The zero-order chi connectivity index (χ0) is 14.0. The summed E-state index contributed by atoms with van der Waals surface area (Å²) in [5.74, 6) is 5.43. The second-order valence-electron chi connectivity index (χ2n) is 3.96. The van der Waals surface area contributed by atoms with Crippen molar-refractivity contribution in [3.8, 4) is 0 Å². The Bertz CT molecular complexity index is 567. The van der Waals surface area contributed by atoms with Crippen molar-refractivity contribution in [2.75, 3.05) is 0 Å². The Morgan fingerprint density at radius 2 is 2.05 bits per heavy atom. The maximum absolute atomic E-state index is 12.5. The van der Waals surface area contributed by atoms with Gasteiger partial charge in [0.25, 0.3) is 0 Å². The van der Waals surface area contributed by atoms with Crippen LogP contribution in [0.25, 0.3) is 0 Å². The molecule has 19 heavy (non-hydrogen) atoms. The molecule has 2 aromatic rings. The first-order valence-electron chi connectivity index (χ1n) is 5.32. The summed E-state index contributed by atoms with van der Waals surface area (Å²) in [5.41, 5.74) is 4.09. The van der Waals surface area contributed by atoms with E-state index >= 15 is 0 Å². The summed E-state index contributed by atoms with van der Waals surface area (Å²) in [6.07, 6.45) is -0.0390. The van der Waals surface area contributed by atoms with Crippen molar-refractivity contribution in [3.63, 3.8) is 0 Å². The predicted molar refractivity (Wildman–Crippen MR) is 65.3 cm³/mol. The molecule has 0 aromatic carbocycles. The van der Waals surface area contributed by atoms with E-state index in [0.29, 0.717) is 21.8 Å². The van der Waals surface area contributed by atoms with Crippen LogP contribution in [-0.4, -0.2) is 9.97 Å². The van der Waals surface area contributed by atoms with E-state index in [0.717, 1.165) is 5.56 Å². The van der Waals surface area contributed by atoms with Crippen LogP contribution in [0.2, 0.25) is 0 Å². The molecule has 0 aliphatic rings. The number of halogens is 3. The molecule has 0 saturated carbocycles. The molecule has 0 bridgehead atoms. The number of aromatic nitrogens is 2. The van der Waals surface area contributed by atoms with Crippen LogP contribution in [0.1, 0.15) is 27.1 Å². The minimum Gasteiger partial charge on any atom is -0.271 e. The Labute approximate surface area is 111 Å². The molecular weight excluding hydrogens is 277 g/mol. The Balaban J connectivity index is 2.35. The normalized spacial score (nSPS) is 13.5. The lowest BCUT2D eigenvalue weighted by Crippen LogP contribution is -2.28. The Morgan fingerprint density at radius 1 is 1.32 bits per heavy atom. The molecule has 0 spiro atoms. The molecule has 3 N–H and O–H groups in total. The average molecular weight is 288 g/mol. The third-order valence-electron chi connectivity index (χ3n) is 2.45. The second kappa shape index (κ2) is 5.24. The molecule has 1 atom stereocenters. The fraction of sp³-hybridized carbons (Fsp3) is 0.273. The summed E-state index contributed by atoms with van der Waals surface area (Å²) in [6.45, 7) is 1.85. The quantitative estimate of drug-likeness (QED) is 0.672. The molecule has 102 valence electrons. The molecule has 1 unspecified atom stereocenters. The van der Waals surface area contributed by atoms with Crippen LogP contribution in [0.3, 0.4) is 0 Å². The van der Waals surface area contributed by atoms with Gasteiger partial charge in [0.05, 0.1) is 6.04 Å². The second-order valence-corrected chi connectivity index (χ2v) is 5.02. The third kappa shape index (κ3) is 3.09. The van der Waals surface area contributed by atoms with E-state index in [-0.39, 0.29) is 0 Å². The van der Waals surface area contributed by atoms with Crippen molar-refractivity contribution in [2.24, 2.45) is 5.84 Å². The lowest BCUT2D eigenvalue weighted by molar-refractivity contribution is -0.137. The topological polar surface area (TPSA) is 63.8 Å². The van der Waals surface area contributed by atoms with Crippen LogP contribution in [0.5, 0.6) is 0 Å². The summed E-state index contributed by atoms with van der Waals surface area (Å²) in [4.78, 5) is 7.77. The van der Waals surface area contributed by atoms with Crippen molar-refractivity contribution in [1.82, 2.24) is 15.4 Å². The van der Waals surface area contributed by atoms with Gasteiger partial charge in [-0.15, -0.1) is 11.3 Å². The van der Waals surface area contributed by atoms with Crippen molar-refractivity contribution in [2.45, 2.75) is 19.1 Å². The third-order valence-corrected chi connectivity index (χ3v) is 3.55. The summed E-state index contributed by atoms with van der Waals surface area (Å²) >= 11 is 0.567. The molecule has 2 aromatic heterocycles. The first-order valence-corrected chi connectivity index (χ1v) is 6.14. The van der Waals surface area contributed by atoms with Gasteiger partial charge in [0.2, 0.25) is 0 Å². The number of alkyl halides is 3. The van der Waals surface area contributed by atoms with Crippen molar-refractivity contribution in [3.05, 3.63) is 45.7 Å². The van der Waals surface area contributed by atoms with Crippen LogP contribution in [0.15, 0.2) is 24.7 Å². The van der Waals surface area contributed by atoms with Gasteiger partial charge < -0.3 is 0 Å². The molecule has 2 rings (SSSR count). The van der Waals surface area contributed by atoms with Gasteiger partial charge in [-0.05, 0) is 18.1 Å². The average Bonchev–Trinajstić information content (AvgIpc) is 2.79. The summed E-state index contributed by atoms with van der Waals surface area (Å²) in [6, 6.07) is 1.26. The molecule has 0 aliphatic carbocycles. The molecule has 4 nitrogen and oxygen atoms in total. The summed E-state index contributed by atoms with van der Waals surface area (Å²) in [7, 11) is 0. The minimum atomic E-state index is -4.44. The van der Waals surface area contributed by atoms with E-state index in [1.807, 2.05) is 13.0 Å². The largest absolute Gasteiger partial charge is 0.443 e. The smallest absolute Gasteiger partial charge is 0.271 e. The SMILES string of the molecule is Cc1cncc(C(NN)c2cnc(C(F)(F)F)s2)c1. The van der Waals surface area contributed by atoms with Crippen molar-refractivity contribution in [1.29, 1.82) is 0 Å². The van der Waals surface area contributed by atoms with Crippen LogP contribution in [0.4, 0.5) is 13.2 Å². The van der Waals surface area contributed by atoms with Gasteiger partial charge in [0.15, 0.2) is 5.01 Å².